The fourth-order valence-electron chi connectivity index (χ4n) is 1.63. The molecule has 2 aromatic rings. The lowest BCUT2D eigenvalue weighted by Gasteiger charge is -2.06. The fourth-order valence-corrected chi connectivity index (χ4v) is 1.63. The summed E-state index contributed by atoms with van der Waals surface area (Å²) in [5, 5.41) is 2.64. The first kappa shape index (κ1) is 12.3. The normalized spacial score (nSPS) is 10.4. The smallest absolute Gasteiger partial charge is 0.254 e. The second kappa shape index (κ2) is 5.00. The van der Waals surface area contributed by atoms with Crippen LogP contribution in [0.25, 0.3) is 0 Å². The minimum atomic E-state index is -0.507. The summed E-state index contributed by atoms with van der Waals surface area (Å²) in [4.78, 5) is 15.9. The summed E-state index contributed by atoms with van der Waals surface area (Å²) in [6.07, 6.45) is 3.43. The number of aromatic nitrogens is 2. The molecule has 0 unspecified atom stereocenters. The molecule has 94 valence electrons. The summed E-state index contributed by atoms with van der Waals surface area (Å²) in [5.74, 6) is -0.223. The van der Waals surface area contributed by atoms with Gasteiger partial charge in [-0.1, -0.05) is 6.07 Å². The number of carbonyl (C=O) groups is 1. The van der Waals surface area contributed by atoms with Crippen LogP contribution in [0.2, 0.25) is 0 Å². The van der Waals surface area contributed by atoms with Crippen molar-refractivity contribution in [3.8, 4) is 0 Å². The van der Waals surface area contributed by atoms with E-state index in [2.05, 4.69) is 10.3 Å². The summed E-state index contributed by atoms with van der Waals surface area (Å²) in [5.41, 5.74) is 0.836. The molecule has 1 amide bonds. The van der Waals surface area contributed by atoms with E-state index in [1.54, 1.807) is 30.0 Å². The second-order valence-corrected chi connectivity index (χ2v) is 4.12. The van der Waals surface area contributed by atoms with Crippen molar-refractivity contribution in [1.82, 2.24) is 14.9 Å². The standard InChI is InChI=1S/C13H14FN3O/c1-9-3-4-10(11(14)7-9)13(18)16-8-12-15-5-6-17(12)2/h3-7H,8H2,1-2H3,(H,16,18). The number of rotatable bonds is 3. The van der Waals surface area contributed by atoms with E-state index in [0.29, 0.717) is 0 Å². The molecule has 0 saturated heterocycles. The third-order valence-electron chi connectivity index (χ3n) is 2.70. The van der Waals surface area contributed by atoms with Gasteiger partial charge in [-0.3, -0.25) is 4.79 Å². The topological polar surface area (TPSA) is 46.9 Å². The Morgan fingerprint density at radius 2 is 2.28 bits per heavy atom. The van der Waals surface area contributed by atoms with Crippen molar-refractivity contribution in [1.29, 1.82) is 0 Å². The molecule has 4 nitrogen and oxygen atoms in total. The number of carbonyl (C=O) groups excluding carboxylic acids is 1. The third kappa shape index (κ3) is 2.56. The second-order valence-electron chi connectivity index (χ2n) is 4.12. The van der Waals surface area contributed by atoms with Gasteiger partial charge in [-0.05, 0) is 24.6 Å². The zero-order valence-corrected chi connectivity index (χ0v) is 10.3. The largest absolute Gasteiger partial charge is 0.345 e. The Kier molecular flexibility index (Phi) is 3.41. The third-order valence-corrected chi connectivity index (χ3v) is 2.70. The Labute approximate surface area is 104 Å². The van der Waals surface area contributed by atoms with E-state index in [1.165, 1.54) is 12.1 Å². The van der Waals surface area contributed by atoms with Crippen LogP contribution in [0.15, 0.2) is 30.6 Å². The number of nitrogens with one attached hydrogen (secondary N) is 1. The van der Waals surface area contributed by atoms with Crippen molar-refractivity contribution < 1.29 is 9.18 Å². The highest BCUT2D eigenvalue weighted by Gasteiger charge is 2.11. The molecule has 0 fully saturated rings. The molecule has 0 aliphatic heterocycles. The summed E-state index contributed by atoms with van der Waals surface area (Å²) >= 11 is 0. The maximum atomic E-state index is 13.6. The van der Waals surface area contributed by atoms with Crippen LogP contribution in [0.3, 0.4) is 0 Å². The Morgan fingerprint density at radius 1 is 1.50 bits per heavy atom. The van der Waals surface area contributed by atoms with Crippen molar-refractivity contribution in [3.63, 3.8) is 0 Å². The molecular weight excluding hydrogens is 233 g/mol. The summed E-state index contributed by atoms with van der Waals surface area (Å²) in [6, 6.07) is 4.53. The summed E-state index contributed by atoms with van der Waals surface area (Å²) in [7, 11) is 1.83. The molecule has 0 radical (unpaired) electrons. The average Bonchev–Trinajstić information content (AvgIpc) is 2.72. The SMILES string of the molecule is Cc1ccc(C(=O)NCc2nccn2C)c(F)c1. The molecule has 0 bridgehead atoms. The molecule has 1 N–H and O–H groups in total. The molecule has 5 heteroatoms. The Bertz CT molecular complexity index is 577. The van der Waals surface area contributed by atoms with E-state index in [4.69, 9.17) is 0 Å². The van der Waals surface area contributed by atoms with Gasteiger partial charge in [-0.15, -0.1) is 0 Å². The summed E-state index contributed by atoms with van der Waals surface area (Å²) < 4.78 is 15.4. The first-order chi connectivity index (χ1) is 8.58. The molecule has 0 aliphatic rings. The van der Waals surface area contributed by atoms with Gasteiger partial charge in [0.05, 0.1) is 12.1 Å². The van der Waals surface area contributed by atoms with Crippen molar-refractivity contribution in [3.05, 3.63) is 53.4 Å². The molecule has 0 saturated carbocycles. The van der Waals surface area contributed by atoms with Gasteiger partial charge in [0, 0.05) is 19.4 Å². The maximum absolute atomic E-state index is 13.6. The van der Waals surface area contributed by atoms with Crippen molar-refractivity contribution >= 4 is 5.91 Å². The number of benzene rings is 1. The zero-order chi connectivity index (χ0) is 13.1. The number of hydrogen-bond donors (Lipinski definition) is 1. The number of aryl methyl sites for hydroxylation is 2. The van der Waals surface area contributed by atoms with Crippen LogP contribution < -0.4 is 5.32 Å². The van der Waals surface area contributed by atoms with E-state index in [1.807, 2.05) is 7.05 Å². The van der Waals surface area contributed by atoms with Gasteiger partial charge in [0.2, 0.25) is 0 Å². The highest BCUT2D eigenvalue weighted by atomic mass is 19.1. The lowest BCUT2D eigenvalue weighted by Crippen LogP contribution is -2.25. The Morgan fingerprint density at radius 3 is 2.89 bits per heavy atom. The molecule has 2 rings (SSSR count). The van der Waals surface area contributed by atoms with E-state index in [9.17, 15) is 9.18 Å². The molecule has 0 atom stereocenters. The van der Waals surface area contributed by atoms with Crippen molar-refractivity contribution in [2.24, 2.45) is 7.05 Å². The zero-order valence-electron chi connectivity index (χ0n) is 10.3. The highest BCUT2D eigenvalue weighted by Crippen LogP contribution is 2.09. The quantitative estimate of drug-likeness (QED) is 0.899. The lowest BCUT2D eigenvalue weighted by molar-refractivity contribution is 0.0945. The lowest BCUT2D eigenvalue weighted by atomic mass is 10.1. The molecule has 1 aromatic carbocycles. The molecule has 0 aliphatic carbocycles. The Balaban J connectivity index is 2.06. The minimum absolute atomic E-state index is 0.0507. The predicted octanol–water partition coefficient (Wildman–Crippen LogP) is 1.80. The number of amides is 1. The first-order valence-corrected chi connectivity index (χ1v) is 5.58. The molecule has 1 aromatic heterocycles. The average molecular weight is 247 g/mol. The van der Waals surface area contributed by atoms with Crippen LogP contribution in [0.5, 0.6) is 0 Å². The van der Waals surface area contributed by atoms with Crippen molar-refractivity contribution in [2.45, 2.75) is 13.5 Å². The van der Waals surface area contributed by atoms with E-state index in [0.717, 1.165) is 11.4 Å². The monoisotopic (exact) mass is 247 g/mol. The van der Waals surface area contributed by atoms with Crippen LogP contribution in [-0.2, 0) is 13.6 Å². The van der Waals surface area contributed by atoms with Gasteiger partial charge >= 0.3 is 0 Å². The summed E-state index contributed by atoms with van der Waals surface area (Å²) in [6.45, 7) is 2.05. The molecule has 1 heterocycles. The van der Waals surface area contributed by atoms with Crippen LogP contribution >= 0.6 is 0 Å². The van der Waals surface area contributed by atoms with Gasteiger partial charge in [0.15, 0.2) is 0 Å². The minimum Gasteiger partial charge on any atom is -0.345 e. The molecular formula is C13H14FN3O. The number of halogens is 1. The van der Waals surface area contributed by atoms with Crippen LogP contribution in [0.1, 0.15) is 21.7 Å². The highest BCUT2D eigenvalue weighted by molar-refractivity contribution is 5.94. The first-order valence-electron chi connectivity index (χ1n) is 5.58. The van der Waals surface area contributed by atoms with Crippen LogP contribution in [-0.4, -0.2) is 15.5 Å². The molecule has 0 spiro atoms. The predicted molar refractivity (Wildman–Crippen MR) is 65.5 cm³/mol. The van der Waals surface area contributed by atoms with Gasteiger partial charge < -0.3 is 9.88 Å². The van der Waals surface area contributed by atoms with E-state index < -0.39 is 11.7 Å². The molecule has 18 heavy (non-hydrogen) atoms. The van der Waals surface area contributed by atoms with Crippen LogP contribution in [0.4, 0.5) is 4.39 Å². The van der Waals surface area contributed by atoms with E-state index in [-0.39, 0.29) is 12.1 Å². The fraction of sp³-hybridized carbons (Fsp3) is 0.231. The van der Waals surface area contributed by atoms with Crippen molar-refractivity contribution in [2.75, 3.05) is 0 Å². The number of hydrogen-bond acceptors (Lipinski definition) is 2. The Hall–Kier alpha value is -2.17. The number of imidazole rings is 1. The number of nitrogens with zero attached hydrogens (tertiary/aromatic N) is 2. The van der Waals surface area contributed by atoms with E-state index >= 15 is 0 Å². The maximum Gasteiger partial charge on any atom is 0.254 e. The van der Waals surface area contributed by atoms with Crippen LogP contribution in [0, 0.1) is 12.7 Å². The van der Waals surface area contributed by atoms with Gasteiger partial charge in [-0.2, -0.15) is 0 Å². The van der Waals surface area contributed by atoms with Gasteiger partial charge in [-0.25, -0.2) is 9.37 Å². The van der Waals surface area contributed by atoms with Gasteiger partial charge in [0.25, 0.3) is 5.91 Å². The van der Waals surface area contributed by atoms with Gasteiger partial charge in [0.1, 0.15) is 11.6 Å².